The molecule has 0 aromatic carbocycles. The van der Waals surface area contributed by atoms with E-state index in [0.29, 0.717) is 18.4 Å². The van der Waals surface area contributed by atoms with Gasteiger partial charge in [0.15, 0.2) is 0 Å². The number of carbonyl (C=O) groups excluding carboxylic acids is 1. The van der Waals surface area contributed by atoms with Crippen LogP contribution in [0.3, 0.4) is 0 Å². The normalized spacial score (nSPS) is 24.2. The van der Waals surface area contributed by atoms with Gasteiger partial charge in [-0.15, -0.1) is 0 Å². The summed E-state index contributed by atoms with van der Waals surface area (Å²) >= 11 is 0. The molecule has 13 heavy (non-hydrogen) atoms. The van der Waals surface area contributed by atoms with E-state index in [1.54, 1.807) is 0 Å². The van der Waals surface area contributed by atoms with Crippen molar-refractivity contribution in [1.82, 2.24) is 10.2 Å². The Morgan fingerprint density at radius 3 is 2.77 bits per heavy atom. The molecule has 0 amide bonds. The van der Waals surface area contributed by atoms with Crippen molar-refractivity contribution in [3.05, 3.63) is 0 Å². The monoisotopic (exact) mass is 184 g/mol. The van der Waals surface area contributed by atoms with Gasteiger partial charge in [0.1, 0.15) is 5.78 Å². The molecule has 1 heterocycles. The Morgan fingerprint density at radius 2 is 2.31 bits per heavy atom. The number of hydrogen-bond donors (Lipinski definition) is 1. The van der Waals surface area contributed by atoms with Crippen LogP contribution >= 0.6 is 0 Å². The first kappa shape index (κ1) is 10.7. The maximum Gasteiger partial charge on any atom is 0.149 e. The molecule has 1 rings (SSSR count). The minimum atomic E-state index is 0.175. The number of hydrogen-bond acceptors (Lipinski definition) is 3. The number of likely N-dealkylation sites (N-methyl/N-ethyl adjacent to an activating group) is 1. The van der Waals surface area contributed by atoms with E-state index in [2.05, 4.69) is 10.2 Å². The Hall–Kier alpha value is -0.410. The van der Waals surface area contributed by atoms with Gasteiger partial charge >= 0.3 is 0 Å². The summed E-state index contributed by atoms with van der Waals surface area (Å²) in [5.74, 6) is 0.533. The quantitative estimate of drug-likeness (QED) is 0.691. The molecule has 1 N–H and O–H groups in total. The number of ketones is 1. The van der Waals surface area contributed by atoms with Gasteiger partial charge < -0.3 is 5.32 Å². The average Bonchev–Trinajstić information content (AvgIpc) is 2.52. The van der Waals surface area contributed by atoms with Gasteiger partial charge in [0.25, 0.3) is 0 Å². The zero-order chi connectivity index (χ0) is 9.84. The summed E-state index contributed by atoms with van der Waals surface area (Å²) in [7, 11) is 1.98. The fourth-order valence-electron chi connectivity index (χ4n) is 1.61. The second-order valence-corrected chi connectivity index (χ2v) is 4.13. The minimum Gasteiger partial charge on any atom is -0.316 e. The topological polar surface area (TPSA) is 32.3 Å². The van der Waals surface area contributed by atoms with Gasteiger partial charge in [-0.3, -0.25) is 9.69 Å². The Bertz CT molecular complexity index is 180. The first-order valence-corrected chi connectivity index (χ1v) is 5.05. The molecule has 0 spiro atoms. The van der Waals surface area contributed by atoms with Crippen molar-refractivity contribution in [3.8, 4) is 0 Å². The van der Waals surface area contributed by atoms with Crippen LogP contribution < -0.4 is 5.32 Å². The highest BCUT2D eigenvalue weighted by molar-refractivity contribution is 5.82. The predicted molar refractivity (Wildman–Crippen MR) is 53.7 cm³/mol. The van der Waals surface area contributed by atoms with E-state index in [4.69, 9.17) is 0 Å². The van der Waals surface area contributed by atoms with Gasteiger partial charge in [-0.2, -0.15) is 0 Å². The van der Waals surface area contributed by atoms with Crippen LogP contribution in [0, 0.1) is 5.92 Å². The molecular weight excluding hydrogens is 164 g/mol. The maximum atomic E-state index is 11.4. The summed E-state index contributed by atoms with van der Waals surface area (Å²) in [5.41, 5.74) is 0. The maximum absolute atomic E-state index is 11.4. The van der Waals surface area contributed by atoms with E-state index < -0.39 is 0 Å². The Kier molecular flexibility index (Phi) is 3.88. The van der Waals surface area contributed by atoms with Crippen molar-refractivity contribution in [2.75, 3.05) is 26.7 Å². The van der Waals surface area contributed by atoms with Gasteiger partial charge in [0.2, 0.25) is 0 Å². The van der Waals surface area contributed by atoms with Crippen LogP contribution in [0.4, 0.5) is 0 Å². The van der Waals surface area contributed by atoms with Crippen LogP contribution in [-0.4, -0.2) is 43.4 Å². The fourth-order valence-corrected chi connectivity index (χ4v) is 1.61. The zero-order valence-electron chi connectivity index (χ0n) is 8.84. The van der Waals surface area contributed by atoms with Crippen molar-refractivity contribution in [3.63, 3.8) is 0 Å². The molecule has 0 bridgehead atoms. The standard InChI is InChI=1S/C10H20N2O/c1-8(2)10(13)7-12-5-4-9(6-12)11-3/h8-9,11H,4-7H2,1-3H3. The average molecular weight is 184 g/mol. The molecule has 1 fully saturated rings. The van der Waals surface area contributed by atoms with Crippen molar-refractivity contribution in [2.24, 2.45) is 5.92 Å². The van der Waals surface area contributed by atoms with Gasteiger partial charge in [-0.05, 0) is 13.5 Å². The molecule has 1 unspecified atom stereocenters. The molecule has 0 saturated carbocycles. The first-order valence-electron chi connectivity index (χ1n) is 5.05. The number of nitrogens with zero attached hydrogens (tertiary/aromatic N) is 1. The van der Waals surface area contributed by atoms with Crippen molar-refractivity contribution in [2.45, 2.75) is 26.3 Å². The van der Waals surface area contributed by atoms with Crippen LogP contribution in [0.1, 0.15) is 20.3 Å². The lowest BCUT2D eigenvalue weighted by Crippen LogP contribution is -2.33. The summed E-state index contributed by atoms with van der Waals surface area (Å²) in [5, 5.41) is 3.24. The lowest BCUT2D eigenvalue weighted by molar-refractivity contribution is -0.122. The molecule has 1 aliphatic heterocycles. The van der Waals surface area contributed by atoms with E-state index in [1.807, 2.05) is 20.9 Å². The molecule has 0 aromatic rings. The van der Waals surface area contributed by atoms with E-state index in [-0.39, 0.29) is 5.92 Å². The highest BCUT2D eigenvalue weighted by Gasteiger charge is 2.23. The highest BCUT2D eigenvalue weighted by atomic mass is 16.1. The molecule has 1 atom stereocenters. The number of nitrogens with one attached hydrogen (secondary N) is 1. The summed E-state index contributed by atoms with van der Waals surface area (Å²) in [4.78, 5) is 13.7. The lowest BCUT2D eigenvalue weighted by atomic mass is 10.1. The predicted octanol–water partition coefficient (Wildman–Crippen LogP) is 0.505. The zero-order valence-corrected chi connectivity index (χ0v) is 8.84. The molecule has 1 aliphatic rings. The van der Waals surface area contributed by atoms with Crippen LogP contribution in [0.2, 0.25) is 0 Å². The Labute approximate surface area is 80.5 Å². The Morgan fingerprint density at radius 1 is 1.62 bits per heavy atom. The van der Waals surface area contributed by atoms with Crippen LogP contribution in [-0.2, 0) is 4.79 Å². The van der Waals surface area contributed by atoms with Gasteiger partial charge in [-0.1, -0.05) is 13.8 Å². The third kappa shape index (κ3) is 3.08. The number of rotatable bonds is 4. The lowest BCUT2D eigenvalue weighted by Gasteiger charge is -2.15. The second kappa shape index (κ2) is 4.72. The van der Waals surface area contributed by atoms with E-state index >= 15 is 0 Å². The molecule has 0 aromatic heterocycles. The van der Waals surface area contributed by atoms with Gasteiger partial charge in [0, 0.05) is 25.0 Å². The molecule has 3 nitrogen and oxygen atoms in total. The van der Waals surface area contributed by atoms with Crippen molar-refractivity contribution in [1.29, 1.82) is 0 Å². The third-order valence-corrected chi connectivity index (χ3v) is 2.70. The molecule has 0 aliphatic carbocycles. The number of Topliss-reactive ketones (excluding diaryl/α,β-unsaturated/α-hetero) is 1. The summed E-state index contributed by atoms with van der Waals surface area (Å²) in [6.45, 7) is 6.65. The Balaban J connectivity index is 2.28. The molecule has 1 saturated heterocycles. The number of carbonyl (C=O) groups is 1. The summed E-state index contributed by atoms with van der Waals surface area (Å²) < 4.78 is 0. The van der Waals surface area contributed by atoms with E-state index in [1.165, 1.54) is 6.42 Å². The third-order valence-electron chi connectivity index (χ3n) is 2.70. The van der Waals surface area contributed by atoms with E-state index in [0.717, 1.165) is 13.1 Å². The molecule has 76 valence electrons. The second-order valence-electron chi connectivity index (χ2n) is 4.13. The molecule has 3 heteroatoms. The van der Waals surface area contributed by atoms with Gasteiger partial charge in [0.05, 0.1) is 6.54 Å². The van der Waals surface area contributed by atoms with Crippen LogP contribution in [0.5, 0.6) is 0 Å². The fraction of sp³-hybridized carbons (Fsp3) is 0.900. The summed E-state index contributed by atoms with van der Waals surface area (Å²) in [6, 6.07) is 0.583. The highest BCUT2D eigenvalue weighted by Crippen LogP contribution is 2.09. The minimum absolute atomic E-state index is 0.175. The smallest absolute Gasteiger partial charge is 0.149 e. The van der Waals surface area contributed by atoms with Crippen LogP contribution in [0.25, 0.3) is 0 Å². The SMILES string of the molecule is CNC1CCN(CC(=O)C(C)C)C1. The number of likely N-dealkylation sites (tertiary alicyclic amines) is 1. The van der Waals surface area contributed by atoms with Crippen LogP contribution in [0.15, 0.2) is 0 Å². The van der Waals surface area contributed by atoms with E-state index in [9.17, 15) is 4.79 Å². The van der Waals surface area contributed by atoms with Crippen molar-refractivity contribution < 1.29 is 4.79 Å². The largest absolute Gasteiger partial charge is 0.316 e. The van der Waals surface area contributed by atoms with Crippen molar-refractivity contribution >= 4 is 5.78 Å². The molecular formula is C10H20N2O. The van der Waals surface area contributed by atoms with Gasteiger partial charge in [-0.25, -0.2) is 0 Å². The molecule has 0 radical (unpaired) electrons. The summed E-state index contributed by atoms with van der Waals surface area (Å²) in [6.07, 6.45) is 1.17. The first-order chi connectivity index (χ1) is 6.13.